The maximum absolute atomic E-state index is 13.2. The summed E-state index contributed by atoms with van der Waals surface area (Å²) in [5, 5.41) is 3.28. The third kappa shape index (κ3) is 5.73. The van der Waals surface area contributed by atoms with Gasteiger partial charge in [-0.3, -0.25) is 0 Å². The number of halogens is 9. The molecule has 4 nitrogen and oxygen atoms in total. The molecular weight excluding hydrogens is 525 g/mol. The number of benzene rings is 2. The van der Waals surface area contributed by atoms with Crippen molar-refractivity contribution >= 4 is 33.7 Å². The van der Waals surface area contributed by atoms with Gasteiger partial charge in [-0.25, -0.2) is 5.43 Å². The van der Waals surface area contributed by atoms with Crippen LogP contribution in [0.5, 0.6) is 11.5 Å². The van der Waals surface area contributed by atoms with Gasteiger partial charge >= 0.3 is 18.1 Å². The maximum Gasteiger partial charge on any atom is 0.462 e. The molecule has 0 aliphatic carbocycles. The fourth-order valence-corrected chi connectivity index (χ4v) is 2.74. The standard InChI is InChI=1S/C18H13BrClF7N2O2/c1-30-14-6-11(8-28-29-18(26,27)16(21,22)17(23,24)25)12(19)7-15(14)31-9-10-4-2-3-5-13(10)20/h2-8,29H,9H2,1H3/b28-8+. The highest BCUT2D eigenvalue weighted by atomic mass is 79.9. The average Bonchev–Trinajstić information content (AvgIpc) is 2.67. The van der Waals surface area contributed by atoms with Gasteiger partial charge in [0, 0.05) is 20.6 Å². The van der Waals surface area contributed by atoms with E-state index < -0.39 is 18.1 Å². The lowest BCUT2D eigenvalue weighted by Crippen LogP contribution is -2.58. The first-order valence-electron chi connectivity index (χ1n) is 8.16. The Bertz CT molecular complexity index is 955. The van der Waals surface area contributed by atoms with Crippen molar-refractivity contribution in [3.8, 4) is 11.5 Å². The number of methoxy groups -OCH3 is 1. The predicted octanol–water partition coefficient (Wildman–Crippen LogP) is 6.40. The molecule has 0 aromatic heterocycles. The summed E-state index contributed by atoms with van der Waals surface area (Å²) in [6.07, 6.45) is -5.85. The van der Waals surface area contributed by atoms with E-state index in [-0.39, 0.29) is 28.1 Å². The molecule has 0 aliphatic rings. The second kappa shape index (κ2) is 9.51. The first-order chi connectivity index (χ1) is 14.3. The molecule has 0 heterocycles. The van der Waals surface area contributed by atoms with Gasteiger partial charge in [-0.1, -0.05) is 29.8 Å². The topological polar surface area (TPSA) is 42.8 Å². The van der Waals surface area contributed by atoms with Gasteiger partial charge in [-0.05, 0) is 34.1 Å². The highest BCUT2D eigenvalue weighted by Crippen LogP contribution is 2.45. The Labute approximate surface area is 185 Å². The van der Waals surface area contributed by atoms with E-state index >= 15 is 0 Å². The SMILES string of the molecule is COc1cc(/C=N/NC(F)(F)C(F)(F)C(F)(F)F)c(Br)cc1OCc1ccccc1Cl. The molecule has 1 N–H and O–H groups in total. The number of nitrogens with one attached hydrogen (secondary N) is 1. The van der Waals surface area contributed by atoms with Crippen molar-refractivity contribution in [3.05, 3.63) is 57.0 Å². The second-order valence-corrected chi connectivity index (χ2v) is 7.18. The van der Waals surface area contributed by atoms with Crippen molar-refractivity contribution in [2.45, 2.75) is 24.8 Å². The smallest absolute Gasteiger partial charge is 0.462 e. The molecule has 13 heteroatoms. The van der Waals surface area contributed by atoms with E-state index in [2.05, 4.69) is 21.0 Å². The molecule has 0 saturated heterocycles. The zero-order valence-electron chi connectivity index (χ0n) is 15.4. The average molecular weight is 538 g/mol. The minimum atomic E-state index is -6.47. The van der Waals surface area contributed by atoms with Crippen molar-refractivity contribution in [3.63, 3.8) is 0 Å². The first kappa shape index (κ1) is 25.1. The molecule has 0 unspecified atom stereocenters. The van der Waals surface area contributed by atoms with Gasteiger partial charge in [-0.2, -0.15) is 35.8 Å². The van der Waals surface area contributed by atoms with E-state index in [4.69, 9.17) is 21.1 Å². The molecular formula is C18H13BrClF7N2O2. The summed E-state index contributed by atoms with van der Waals surface area (Å²) in [6, 6.07) is 3.83. The number of nitrogens with zero attached hydrogens (tertiary/aromatic N) is 1. The fraction of sp³-hybridized carbons (Fsp3) is 0.278. The van der Waals surface area contributed by atoms with E-state index in [1.54, 1.807) is 24.3 Å². The first-order valence-corrected chi connectivity index (χ1v) is 9.33. The van der Waals surface area contributed by atoms with Gasteiger partial charge in [0.15, 0.2) is 11.5 Å². The molecule has 0 spiro atoms. The molecule has 0 bridgehead atoms. The quantitative estimate of drug-likeness (QED) is 0.183. The third-order valence-electron chi connectivity index (χ3n) is 3.78. The van der Waals surface area contributed by atoms with Crippen LogP contribution >= 0.6 is 27.5 Å². The van der Waals surface area contributed by atoms with E-state index in [0.717, 1.165) is 0 Å². The van der Waals surface area contributed by atoms with E-state index in [9.17, 15) is 30.7 Å². The zero-order valence-corrected chi connectivity index (χ0v) is 17.8. The predicted molar refractivity (Wildman–Crippen MR) is 103 cm³/mol. The summed E-state index contributed by atoms with van der Waals surface area (Å²) in [6.45, 7) is 0.0657. The van der Waals surface area contributed by atoms with Crippen LogP contribution in [-0.4, -0.2) is 31.5 Å². The van der Waals surface area contributed by atoms with Gasteiger partial charge in [-0.15, -0.1) is 0 Å². The lowest BCUT2D eigenvalue weighted by atomic mass is 10.2. The Hall–Kier alpha value is -2.21. The number of hydrogen-bond donors (Lipinski definition) is 1. The minimum Gasteiger partial charge on any atom is -0.493 e. The molecule has 170 valence electrons. The van der Waals surface area contributed by atoms with Gasteiger partial charge in [0.2, 0.25) is 0 Å². The zero-order chi connectivity index (χ0) is 23.4. The Morgan fingerprint density at radius 1 is 1.06 bits per heavy atom. The summed E-state index contributed by atoms with van der Waals surface area (Å²) in [7, 11) is 1.28. The molecule has 0 aliphatic heterocycles. The van der Waals surface area contributed by atoms with Crippen LogP contribution in [0.3, 0.4) is 0 Å². The van der Waals surface area contributed by atoms with Gasteiger partial charge in [0.05, 0.1) is 13.3 Å². The van der Waals surface area contributed by atoms with Gasteiger partial charge < -0.3 is 9.47 Å². The van der Waals surface area contributed by atoms with E-state index in [1.165, 1.54) is 19.2 Å². The van der Waals surface area contributed by atoms with E-state index in [1.807, 2.05) is 0 Å². The van der Waals surface area contributed by atoms with Crippen molar-refractivity contribution in [1.82, 2.24) is 5.43 Å². The van der Waals surface area contributed by atoms with Crippen LogP contribution in [0.4, 0.5) is 30.7 Å². The normalized spacial score (nSPS) is 12.8. The molecule has 0 amide bonds. The number of ether oxygens (including phenoxy) is 2. The maximum atomic E-state index is 13.2. The van der Waals surface area contributed by atoms with E-state index in [0.29, 0.717) is 22.2 Å². The second-order valence-electron chi connectivity index (χ2n) is 5.92. The lowest BCUT2D eigenvalue weighted by Gasteiger charge is -2.27. The van der Waals surface area contributed by atoms with Crippen LogP contribution in [0.1, 0.15) is 11.1 Å². The largest absolute Gasteiger partial charge is 0.493 e. The van der Waals surface area contributed by atoms with Crippen molar-refractivity contribution in [2.24, 2.45) is 5.10 Å². The fourth-order valence-electron chi connectivity index (χ4n) is 2.12. The molecule has 0 fully saturated rings. The molecule has 2 aromatic carbocycles. The highest BCUT2D eigenvalue weighted by molar-refractivity contribution is 9.10. The Balaban J connectivity index is 2.18. The van der Waals surface area contributed by atoms with Crippen LogP contribution in [0.2, 0.25) is 5.02 Å². The van der Waals surface area contributed by atoms with Gasteiger partial charge in [0.25, 0.3) is 0 Å². The number of alkyl halides is 7. The number of hydrazone groups is 1. The summed E-state index contributed by atoms with van der Waals surface area (Å²) in [5.74, 6) is -6.00. The van der Waals surface area contributed by atoms with Crippen LogP contribution in [0.15, 0.2) is 46.0 Å². The molecule has 0 saturated carbocycles. The van der Waals surface area contributed by atoms with Crippen molar-refractivity contribution in [1.29, 1.82) is 0 Å². The van der Waals surface area contributed by atoms with Crippen LogP contribution in [0.25, 0.3) is 0 Å². The summed E-state index contributed by atoms with van der Waals surface area (Å²) < 4.78 is 99.6. The van der Waals surface area contributed by atoms with Crippen LogP contribution < -0.4 is 14.9 Å². The Morgan fingerprint density at radius 3 is 2.29 bits per heavy atom. The summed E-state index contributed by atoms with van der Waals surface area (Å²) >= 11 is 9.15. The monoisotopic (exact) mass is 536 g/mol. The van der Waals surface area contributed by atoms with Crippen LogP contribution in [-0.2, 0) is 6.61 Å². The van der Waals surface area contributed by atoms with Gasteiger partial charge in [0.1, 0.15) is 6.61 Å². The minimum absolute atomic E-state index is 0.0283. The highest BCUT2D eigenvalue weighted by Gasteiger charge is 2.73. The Morgan fingerprint density at radius 2 is 1.71 bits per heavy atom. The summed E-state index contributed by atoms with van der Waals surface area (Å²) in [4.78, 5) is 0. The van der Waals surface area contributed by atoms with Crippen molar-refractivity contribution in [2.75, 3.05) is 7.11 Å². The molecule has 2 aromatic rings. The molecule has 2 rings (SSSR count). The van der Waals surface area contributed by atoms with Crippen LogP contribution in [0, 0.1) is 0 Å². The Kier molecular flexibility index (Phi) is 7.69. The molecule has 0 radical (unpaired) electrons. The molecule has 31 heavy (non-hydrogen) atoms. The molecule has 0 atom stereocenters. The summed E-state index contributed by atoms with van der Waals surface area (Å²) in [5.41, 5.74) is 1.24. The number of hydrogen-bond acceptors (Lipinski definition) is 4. The van der Waals surface area contributed by atoms with Crippen molar-refractivity contribution < 1.29 is 40.2 Å². The number of rotatable bonds is 8. The lowest BCUT2D eigenvalue weighted by molar-refractivity contribution is -0.361. The third-order valence-corrected chi connectivity index (χ3v) is 4.84.